The minimum absolute atomic E-state index is 0.0229. The number of pyridine rings is 1. The van der Waals surface area contributed by atoms with Crippen LogP contribution in [0.2, 0.25) is 0 Å². The van der Waals surface area contributed by atoms with E-state index in [1.807, 2.05) is 13.0 Å². The van der Waals surface area contributed by atoms with E-state index in [2.05, 4.69) is 15.0 Å². The van der Waals surface area contributed by atoms with E-state index in [0.29, 0.717) is 22.8 Å². The van der Waals surface area contributed by atoms with Crippen molar-refractivity contribution in [1.29, 1.82) is 0 Å². The Bertz CT molecular complexity index is 869. The molecule has 3 rings (SSSR count). The van der Waals surface area contributed by atoms with Crippen LogP contribution in [0.15, 0.2) is 55.2 Å². The topological polar surface area (TPSA) is 65.0 Å². The van der Waals surface area contributed by atoms with E-state index in [1.54, 1.807) is 12.1 Å². The van der Waals surface area contributed by atoms with Crippen molar-refractivity contribution in [2.45, 2.75) is 13.3 Å². The van der Waals surface area contributed by atoms with Crippen LogP contribution in [0.25, 0.3) is 0 Å². The zero-order valence-electron chi connectivity index (χ0n) is 12.9. The van der Waals surface area contributed by atoms with Crippen LogP contribution in [-0.2, 0) is 6.42 Å². The molecule has 0 bridgehead atoms. The van der Waals surface area contributed by atoms with Crippen molar-refractivity contribution >= 4 is 5.78 Å². The van der Waals surface area contributed by atoms with Gasteiger partial charge in [0.05, 0.1) is 24.5 Å². The molecule has 0 N–H and O–H groups in total. The zero-order chi connectivity index (χ0) is 16.9. The molecule has 0 saturated heterocycles. The molecule has 0 saturated carbocycles. The summed E-state index contributed by atoms with van der Waals surface area (Å²) in [4.78, 5) is 24.2. The molecule has 0 fully saturated rings. The number of aryl methyl sites for hydroxylation is 1. The van der Waals surface area contributed by atoms with Gasteiger partial charge in [-0.05, 0) is 42.8 Å². The third-order valence-corrected chi connectivity index (χ3v) is 3.27. The number of carbonyl (C=O) groups is 1. The molecule has 2 aromatic heterocycles. The Morgan fingerprint density at radius 2 is 1.92 bits per heavy atom. The van der Waals surface area contributed by atoms with Gasteiger partial charge >= 0.3 is 0 Å². The highest BCUT2D eigenvalue weighted by molar-refractivity contribution is 5.97. The summed E-state index contributed by atoms with van der Waals surface area (Å²) in [5.74, 6) is 0.421. The van der Waals surface area contributed by atoms with Crippen LogP contribution in [-0.4, -0.2) is 20.7 Å². The molecule has 0 aliphatic carbocycles. The number of hydrogen-bond donors (Lipinski definition) is 0. The van der Waals surface area contributed by atoms with E-state index in [1.165, 1.54) is 37.1 Å². The lowest BCUT2D eigenvalue weighted by Crippen LogP contribution is -2.06. The lowest BCUT2D eigenvalue weighted by molar-refractivity contribution is 0.0991. The lowest BCUT2D eigenvalue weighted by Gasteiger charge is -2.08. The first-order valence-corrected chi connectivity index (χ1v) is 7.28. The fraction of sp³-hybridized carbons (Fsp3) is 0.111. The number of carbonyl (C=O) groups excluding carboxylic acids is 1. The fourth-order valence-corrected chi connectivity index (χ4v) is 2.25. The van der Waals surface area contributed by atoms with E-state index >= 15 is 0 Å². The van der Waals surface area contributed by atoms with Crippen molar-refractivity contribution in [2.75, 3.05) is 0 Å². The Morgan fingerprint density at radius 1 is 1.12 bits per heavy atom. The molecule has 3 aromatic rings. The zero-order valence-corrected chi connectivity index (χ0v) is 12.9. The third kappa shape index (κ3) is 3.98. The molecule has 0 amide bonds. The molecule has 120 valence electrons. The molecule has 0 spiro atoms. The summed E-state index contributed by atoms with van der Waals surface area (Å²) < 4.78 is 18.9. The maximum absolute atomic E-state index is 13.2. The summed E-state index contributed by atoms with van der Waals surface area (Å²) in [6, 6.07) is 7.71. The molecule has 6 heteroatoms. The van der Waals surface area contributed by atoms with Gasteiger partial charge in [0.2, 0.25) is 0 Å². The Balaban J connectivity index is 1.81. The molecule has 0 aliphatic heterocycles. The standard InChI is InChI=1S/C18H14FN3O2/c1-12-4-13(18(23)8-15-7-14(19)2-3-22-15)6-16(5-12)24-17-9-20-11-21-10-17/h2-7,9-11H,8H2,1H3. The number of benzene rings is 1. The molecule has 1 aromatic carbocycles. The number of Topliss-reactive ketones (excluding diaryl/α,β-unsaturated/α-hetero) is 1. The maximum Gasteiger partial charge on any atom is 0.168 e. The van der Waals surface area contributed by atoms with Crippen molar-refractivity contribution in [3.8, 4) is 11.5 Å². The van der Waals surface area contributed by atoms with E-state index in [4.69, 9.17) is 4.74 Å². The molecular weight excluding hydrogens is 309 g/mol. The van der Waals surface area contributed by atoms with E-state index < -0.39 is 5.82 Å². The number of ether oxygens (including phenoxy) is 1. The maximum atomic E-state index is 13.2. The van der Waals surface area contributed by atoms with Gasteiger partial charge in [-0.15, -0.1) is 0 Å². The van der Waals surface area contributed by atoms with Crippen LogP contribution in [0, 0.1) is 12.7 Å². The van der Waals surface area contributed by atoms with Crippen molar-refractivity contribution in [3.05, 3.63) is 77.9 Å². The number of aromatic nitrogens is 3. The van der Waals surface area contributed by atoms with E-state index in [0.717, 1.165) is 5.56 Å². The molecule has 0 atom stereocenters. The molecule has 0 aliphatic rings. The van der Waals surface area contributed by atoms with Gasteiger partial charge in [0, 0.05) is 11.8 Å². The Labute approximate surface area is 138 Å². The second kappa shape index (κ2) is 6.95. The summed E-state index contributed by atoms with van der Waals surface area (Å²) >= 11 is 0. The largest absolute Gasteiger partial charge is 0.454 e. The molecule has 24 heavy (non-hydrogen) atoms. The minimum atomic E-state index is -0.412. The number of ketones is 1. The van der Waals surface area contributed by atoms with Crippen LogP contribution < -0.4 is 4.74 Å². The van der Waals surface area contributed by atoms with E-state index in [9.17, 15) is 9.18 Å². The van der Waals surface area contributed by atoms with Crippen LogP contribution >= 0.6 is 0 Å². The predicted molar refractivity (Wildman–Crippen MR) is 85.5 cm³/mol. The fourth-order valence-electron chi connectivity index (χ4n) is 2.25. The van der Waals surface area contributed by atoms with Crippen molar-refractivity contribution < 1.29 is 13.9 Å². The Kier molecular flexibility index (Phi) is 4.56. The number of rotatable bonds is 5. The summed E-state index contributed by atoms with van der Waals surface area (Å²) in [5.41, 5.74) is 1.74. The molecule has 2 heterocycles. The van der Waals surface area contributed by atoms with Gasteiger partial charge in [0.1, 0.15) is 17.9 Å². The van der Waals surface area contributed by atoms with Gasteiger partial charge in [-0.25, -0.2) is 14.4 Å². The Hall–Kier alpha value is -3.15. The SMILES string of the molecule is Cc1cc(Oc2cncnc2)cc(C(=O)Cc2cc(F)ccn2)c1. The van der Waals surface area contributed by atoms with E-state index in [-0.39, 0.29) is 12.2 Å². The van der Waals surface area contributed by atoms with Crippen molar-refractivity contribution in [3.63, 3.8) is 0 Å². The highest BCUT2D eigenvalue weighted by atomic mass is 19.1. The van der Waals surface area contributed by atoms with Gasteiger partial charge in [0.15, 0.2) is 11.5 Å². The highest BCUT2D eigenvalue weighted by Gasteiger charge is 2.11. The number of hydrogen-bond acceptors (Lipinski definition) is 5. The average Bonchev–Trinajstić information content (AvgIpc) is 2.55. The third-order valence-electron chi connectivity index (χ3n) is 3.27. The minimum Gasteiger partial charge on any atom is -0.454 e. The van der Waals surface area contributed by atoms with Gasteiger partial charge in [-0.3, -0.25) is 9.78 Å². The molecular formula is C18H14FN3O2. The number of nitrogens with zero attached hydrogens (tertiary/aromatic N) is 3. The van der Waals surface area contributed by atoms with Gasteiger partial charge in [0.25, 0.3) is 0 Å². The molecule has 0 radical (unpaired) electrons. The van der Waals surface area contributed by atoms with Crippen LogP contribution in [0.5, 0.6) is 11.5 Å². The summed E-state index contributed by atoms with van der Waals surface area (Å²) in [6.07, 6.45) is 5.85. The number of halogens is 1. The first-order chi connectivity index (χ1) is 11.6. The van der Waals surface area contributed by atoms with Crippen molar-refractivity contribution in [1.82, 2.24) is 15.0 Å². The highest BCUT2D eigenvalue weighted by Crippen LogP contribution is 2.23. The summed E-state index contributed by atoms with van der Waals surface area (Å²) in [6.45, 7) is 1.87. The average molecular weight is 323 g/mol. The van der Waals surface area contributed by atoms with Gasteiger partial charge < -0.3 is 4.74 Å². The second-order valence-corrected chi connectivity index (χ2v) is 5.28. The Morgan fingerprint density at radius 3 is 2.67 bits per heavy atom. The van der Waals surface area contributed by atoms with Crippen molar-refractivity contribution in [2.24, 2.45) is 0 Å². The molecule has 5 nitrogen and oxygen atoms in total. The lowest BCUT2D eigenvalue weighted by atomic mass is 10.0. The first-order valence-electron chi connectivity index (χ1n) is 7.28. The van der Waals surface area contributed by atoms with Crippen LogP contribution in [0.1, 0.15) is 21.6 Å². The summed E-state index contributed by atoms with van der Waals surface area (Å²) in [5, 5.41) is 0. The molecule has 0 unspecified atom stereocenters. The normalized spacial score (nSPS) is 10.4. The van der Waals surface area contributed by atoms with Gasteiger partial charge in [-0.1, -0.05) is 0 Å². The first kappa shape index (κ1) is 15.7. The monoisotopic (exact) mass is 323 g/mol. The van der Waals surface area contributed by atoms with Gasteiger partial charge in [-0.2, -0.15) is 0 Å². The predicted octanol–water partition coefficient (Wildman–Crippen LogP) is 3.54. The van der Waals surface area contributed by atoms with Crippen LogP contribution in [0.3, 0.4) is 0 Å². The second-order valence-electron chi connectivity index (χ2n) is 5.28. The quantitative estimate of drug-likeness (QED) is 0.672. The smallest absolute Gasteiger partial charge is 0.168 e. The van der Waals surface area contributed by atoms with Crippen LogP contribution in [0.4, 0.5) is 4.39 Å². The summed E-state index contributed by atoms with van der Waals surface area (Å²) in [7, 11) is 0.